The lowest BCUT2D eigenvalue weighted by molar-refractivity contribution is -0.387. The van der Waals surface area contributed by atoms with Crippen molar-refractivity contribution in [2.45, 2.75) is 45.1 Å². The predicted molar refractivity (Wildman–Crippen MR) is 80.7 cm³/mol. The first-order chi connectivity index (χ1) is 10.0. The molecular formula is C16H23FN2O2. The zero-order chi connectivity index (χ0) is 15.4. The molecule has 0 aliphatic heterocycles. The second-order valence-corrected chi connectivity index (χ2v) is 5.99. The molecule has 0 radical (unpaired) electrons. The lowest BCUT2D eigenvalue weighted by Gasteiger charge is -2.36. The summed E-state index contributed by atoms with van der Waals surface area (Å²) in [6.45, 7) is 2.22. The van der Waals surface area contributed by atoms with Gasteiger partial charge < -0.3 is 5.32 Å². The first kappa shape index (κ1) is 15.9. The number of nitrogens with one attached hydrogen (secondary N) is 1. The summed E-state index contributed by atoms with van der Waals surface area (Å²) in [5, 5.41) is 14.0. The van der Waals surface area contributed by atoms with Crippen molar-refractivity contribution in [1.29, 1.82) is 0 Å². The van der Waals surface area contributed by atoms with Gasteiger partial charge in [-0.25, -0.2) is 0 Å². The Morgan fingerprint density at radius 1 is 1.43 bits per heavy atom. The van der Waals surface area contributed by atoms with Gasteiger partial charge in [0.1, 0.15) is 0 Å². The number of hydrogen-bond acceptors (Lipinski definition) is 3. The van der Waals surface area contributed by atoms with Crippen molar-refractivity contribution in [3.05, 3.63) is 39.7 Å². The Balaban J connectivity index is 2.11. The Morgan fingerprint density at radius 2 is 2.19 bits per heavy atom. The minimum atomic E-state index is -0.735. The molecule has 1 aromatic rings. The Hall–Kier alpha value is -1.49. The van der Waals surface area contributed by atoms with Crippen LogP contribution in [0.25, 0.3) is 0 Å². The fourth-order valence-corrected chi connectivity index (χ4v) is 3.47. The lowest BCUT2D eigenvalue weighted by Crippen LogP contribution is -2.39. The van der Waals surface area contributed by atoms with E-state index in [1.54, 1.807) is 6.07 Å². The molecule has 1 aromatic carbocycles. The molecule has 0 saturated heterocycles. The van der Waals surface area contributed by atoms with Crippen molar-refractivity contribution >= 4 is 5.69 Å². The first-order valence-electron chi connectivity index (χ1n) is 7.65. The number of hydrogen-bond donors (Lipinski definition) is 1. The second-order valence-electron chi connectivity index (χ2n) is 5.99. The smallest absolute Gasteiger partial charge is 0.304 e. The summed E-state index contributed by atoms with van der Waals surface area (Å²) < 4.78 is 13.7. The fourth-order valence-electron chi connectivity index (χ4n) is 3.47. The van der Waals surface area contributed by atoms with Crippen LogP contribution in [0.3, 0.4) is 0 Å². The van der Waals surface area contributed by atoms with Crippen molar-refractivity contribution < 1.29 is 9.31 Å². The van der Waals surface area contributed by atoms with Gasteiger partial charge in [-0.05, 0) is 56.2 Å². The van der Waals surface area contributed by atoms with Crippen molar-refractivity contribution in [1.82, 2.24) is 5.32 Å². The summed E-state index contributed by atoms with van der Waals surface area (Å²) in [5.41, 5.74) is 0.402. The highest BCUT2D eigenvalue weighted by atomic mass is 19.1. The maximum absolute atomic E-state index is 13.7. The van der Waals surface area contributed by atoms with Crippen molar-refractivity contribution in [3.63, 3.8) is 0 Å². The van der Waals surface area contributed by atoms with Gasteiger partial charge in [0, 0.05) is 12.1 Å². The summed E-state index contributed by atoms with van der Waals surface area (Å²) in [4.78, 5) is 9.98. The third-order valence-corrected chi connectivity index (χ3v) is 4.75. The van der Waals surface area contributed by atoms with Crippen LogP contribution in [0.15, 0.2) is 18.2 Å². The first-order valence-corrected chi connectivity index (χ1v) is 7.65. The van der Waals surface area contributed by atoms with Crippen LogP contribution in [-0.2, 0) is 6.42 Å². The second kappa shape index (κ2) is 6.98. The third-order valence-electron chi connectivity index (χ3n) is 4.75. The monoisotopic (exact) mass is 294 g/mol. The molecule has 0 heterocycles. The SMILES string of the molecule is CCC1CCC(NC)C(Cc2ccc([N+](=O)[O-])c(F)c2)C1. The van der Waals surface area contributed by atoms with Crippen molar-refractivity contribution in [3.8, 4) is 0 Å². The zero-order valence-corrected chi connectivity index (χ0v) is 12.6. The van der Waals surface area contributed by atoms with Crippen LogP contribution in [-0.4, -0.2) is 18.0 Å². The molecule has 0 aromatic heterocycles. The van der Waals surface area contributed by atoms with Crippen LogP contribution in [0, 0.1) is 27.8 Å². The Bertz CT molecular complexity index is 507. The Morgan fingerprint density at radius 3 is 2.76 bits per heavy atom. The standard InChI is InChI=1S/C16H23FN2O2/c1-3-11-4-6-15(18-2)13(8-11)9-12-5-7-16(19(20)21)14(17)10-12/h5,7,10-11,13,15,18H,3-4,6,8-9H2,1-2H3. The molecule has 4 nitrogen and oxygen atoms in total. The van der Waals surface area contributed by atoms with Gasteiger partial charge in [-0.3, -0.25) is 10.1 Å². The molecule has 21 heavy (non-hydrogen) atoms. The van der Waals surface area contributed by atoms with E-state index < -0.39 is 16.4 Å². The van der Waals surface area contributed by atoms with Crippen LogP contribution in [0.4, 0.5) is 10.1 Å². The molecule has 1 aliphatic carbocycles. The van der Waals surface area contributed by atoms with Crippen LogP contribution in [0.1, 0.15) is 38.2 Å². The van der Waals surface area contributed by atoms with Gasteiger partial charge >= 0.3 is 5.69 Å². The number of nitro benzene ring substituents is 1. The molecule has 3 atom stereocenters. The number of rotatable bonds is 5. The van der Waals surface area contributed by atoms with Gasteiger partial charge in [-0.2, -0.15) is 4.39 Å². The maximum atomic E-state index is 13.7. The van der Waals surface area contributed by atoms with E-state index in [-0.39, 0.29) is 0 Å². The summed E-state index contributed by atoms with van der Waals surface area (Å²) in [6, 6.07) is 4.73. The number of nitrogens with zero attached hydrogens (tertiary/aromatic N) is 1. The molecule has 1 saturated carbocycles. The Kier molecular flexibility index (Phi) is 5.28. The van der Waals surface area contributed by atoms with Gasteiger partial charge in [0.2, 0.25) is 5.82 Å². The van der Waals surface area contributed by atoms with E-state index in [9.17, 15) is 14.5 Å². The van der Waals surface area contributed by atoms with Gasteiger partial charge in [0.05, 0.1) is 4.92 Å². The third kappa shape index (κ3) is 3.79. The van der Waals surface area contributed by atoms with E-state index in [2.05, 4.69) is 12.2 Å². The molecule has 2 rings (SSSR count). The van der Waals surface area contributed by atoms with Crippen LogP contribution < -0.4 is 5.32 Å². The number of halogens is 1. The normalized spacial score (nSPS) is 25.8. The minimum Gasteiger partial charge on any atom is -0.317 e. The highest BCUT2D eigenvalue weighted by molar-refractivity contribution is 5.35. The predicted octanol–water partition coefficient (Wildman–Crippen LogP) is 3.69. The molecular weight excluding hydrogens is 271 g/mol. The van der Waals surface area contributed by atoms with Crippen LogP contribution in [0.5, 0.6) is 0 Å². The van der Waals surface area contributed by atoms with E-state index in [0.29, 0.717) is 12.0 Å². The van der Waals surface area contributed by atoms with Gasteiger partial charge in [-0.15, -0.1) is 0 Å². The molecule has 5 heteroatoms. The Labute approximate surface area is 124 Å². The molecule has 0 amide bonds. The molecule has 1 aliphatic rings. The molecule has 1 fully saturated rings. The number of benzene rings is 1. The molecule has 3 unspecified atom stereocenters. The van der Waals surface area contributed by atoms with Crippen molar-refractivity contribution in [2.24, 2.45) is 11.8 Å². The topological polar surface area (TPSA) is 55.2 Å². The van der Waals surface area contributed by atoms with Gasteiger partial charge in [0.15, 0.2) is 0 Å². The average Bonchev–Trinajstić information content (AvgIpc) is 2.46. The highest BCUT2D eigenvalue weighted by Gasteiger charge is 2.29. The summed E-state index contributed by atoms with van der Waals surface area (Å²) in [7, 11) is 1.97. The fraction of sp³-hybridized carbons (Fsp3) is 0.625. The highest BCUT2D eigenvalue weighted by Crippen LogP contribution is 2.33. The van der Waals surface area contributed by atoms with Crippen LogP contribution in [0.2, 0.25) is 0 Å². The van der Waals surface area contributed by atoms with Gasteiger partial charge in [0.25, 0.3) is 0 Å². The van der Waals surface area contributed by atoms with E-state index in [1.807, 2.05) is 7.05 Å². The van der Waals surface area contributed by atoms with E-state index in [4.69, 9.17) is 0 Å². The van der Waals surface area contributed by atoms with Gasteiger partial charge in [-0.1, -0.05) is 19.4 Å². The zero-order valence-electron chi connectivity index (χ0n) is 12.6. The lowest BCUT2D eigenvalue weighted by atomic mass is 9.74. The minimum absolute atomic E-state index is 0.445. The molecule has 1 N–H and O–H groups in total. The quantitative estimate of drug-likeness (QED) is 0.665. The average molecular weight is 294 g/mol. The molecule has 0 spiro atoms. The number of nitro groups is 1. The maximum Gasteiger partial charge on any atom is 0.304 e. The summed E-state index contributed by atoms with van der Waals surface area (Å²) >= 11 is 0. The van der Waals surface area contributed by atoms with Crippen LogP contribution >= 0.6 is 0 Å². The summed E-state index contributed by atoms with van der Waals surface area (Å²) in [5.74, 6) is 0.471. The largest absolute Gasteiger partial charge is 0.317 e. The summed E-state index contributed by atoms with van der Waals surface area (Å²) in [6.07, 6.45) is 5.49. The molecule has 0 bridgehead atoms. The molecule has 116 valence electrons. The van der Waals surface area contributed by atoms with Crippen molar-refractivity contribution in [2.75, 3.05) is 7.05 Å². The van der Waals surface area contributed by atoms with E-state index in [1.165, 1.54) is 25.0 Å². The van der Waals surface area contributed by atoms with E-state index in [0.717, 1.165) is 30.7 Å². The van der Waals surface area contributed by atoms with E-state index >= 15 is 0 Å².